The van der Waals surface area contributed by atoms with Crippen LogP contribution in [0, 0.1) is 21.4 Å². The maximum Gasteiger partial charge on any atom is 0.355 e. The first-order chi connectivity index (χ1) is 19.4. The van der Waals surface area contributed by atoms with Gasteiger partial charge in [-0.05, 0) is 53.1 Å². The first kappa shape index (κ1) is 26.6. The van der Waals surface area contributed by atoms with Crippen LogP contribution >= 0.6 is 11.8 Å². The van der Waals surface area contributed by atoms with Crippen molar-refractivity contribution < 1.29 is 24.0 Å². The number of nitrogens with zero attached hydrogens (tertiary/aromatic N) is 4. The van der Waals surface area contributed by atoms with Crippen molar-refractivity contribution in [2.75, 3.05) is 12.9 Å². The Morgan fingerprint density at radius 2 is 1.85 bits per heavy atom. The molecule has 0 saturated carbocycles. The maximum atomic E-state index is 13.5. The van der Waals surface area contributed by atoms with Gasteiger partial charge < -0.3 is 9.47 Å². The Morgan fingerprint density at radius 3 is 2.48 bits per heavy atom. The molecule has 0 aromatic heterocycles. The Hall–Kier alpha value is -4.95. The molecular formula is C29H22N4O6S. The fraction of sp³-hybridized carbons (Fsp3) is 0.172. The van der Waals surface area contributed by atoms with Crippen LogP contribution in [0.25, 0.3) is 5.57 Å². The number of hydrogen-bond donors (Lipinski definition) is 0. The Kier molecular flexibility index (Phi) is 7.61. The zero-order valence-electron chi connectivity index (χ0n) is 21.2. The molecule has 0 N–H and O–H groups in total. The topological polar surface area (TPSA) is 135 Å². The molecule has 1 amide bonds. The number of carbonyl (C=O) groups excluding carboxylic acids is 2. The predicted molar refractivity (Wildman–Crippen MR) is 148 cm³/mol. The molecule has 0 spiro atoms. The Labute approximate surface area is 233 Å². The lowest BCUT2D eigenvalue weighted by Gasteiger charge is -2.48. The van der Waals surface area contributed by atoms with Crippen LogP contribution in [0.4, 0.5) is 5.69 Å². The Morgan fingerprint density at radius 1 is 1.15 bits per heavy atom. The molecule has 0 unspecified atom stereocenters. The molecular weight excluding hydrogens is 532 g/mol. The number of ether oxygens (including phenoxy) is 2. The number of nitriles is 1. The molecule has 0 radical (unpaired) electrons. The van der Waals surface area contributed by atoms with Gasteiger partial charge in [0.1, 0.15) is 23.4 Å². The average Bonchev–Trinajstić information content (AvgIpc) is 2.99. The van der Waals surface area contributed by atoms with Gasteiger partial charge in [-0.3, -0.25) is 24.8 Å². The molecule has 5 rings (SSSR count). The van der Waals surface area contributed by atoms with Crippen LogP contribution in [0.15, 0.2) is 83.5 Å². The second kappa shape index (κ2) is 11.4. The van der Waals surface area contributed by atoms with Crippen molar-refractivity contribution in [1.29, 1.82) is 5.26 Å². The summed E-state index contributed by atoms with van der Waals surface area (Å²) in [6.45, 7) is 0.00848. The second-order valence-corrected chi connectivity index (χ2v) is 10.0. The number of hydrogen-bond acceptors (Lipinski definition) is 9. The van der Waals surface area contributed by atoms with Crippen molar-refractivity contribution in [3.8, 4) is 11.8 Å². The van der Waals surface area contributed by atoms with E-state index in [1.165, 1.54) is 35.0 Å². The van der Waals surface area contributed by atoms with Gasteiger partial charge in [0.15, 0.2) is 6.04 Å². The van der Waals surface area contributed by atoms with Crippen LogP contribution in [0.3, 0.4) is 0 Å². The van der Waals surface area contributed by atoms with E-state index in [1.54, 1.807) is 67.8 Å². The van der Waals surface area contributed by atoms with E-state index in [9.17, 15) is 19.7 Å². The molecule has 1 fully saturated rings. The first-order valence-corrected chi connectivity index (χ1v) is 13.2. The minimum Gasteiger partial charge on any atom is -0.497 e. The maximum absolute atomic E-state index is 13.5. The highest BCUT2D eigenvalue weighted by molar-refractivity contribution is 8.00. The van der Waals surface area contributed by atoms with Gasteiger partial charge in [-0.2, -0.15) is 5.26 Å². The molecule has 11 heteroatoms. The van der Waals surface area contributed by atoms with E-state index in [0.29, 0.717) is 33.8 Å². The quantitative estimate of drug-likeness (QED) is 0.132. The van der Waals surface area contributed by atoms with Crippen molar-refractivity contribution in [2.45, 2.75) is 18.0 Å². The molecule has 0 bridgehead atoms. The average molecular weight is 555 g/mol. The zero-order valence-corrected chi connectivity index (χ0v) is 22.0. The number of aliphatic imine (C=N–C) groups is 1. The largest absolute Gasteiger partial charge is 0.497 e. The van der Waals surface area contributed by atoms with Crippen LogP contribution in [-0.4, -0.2) is 52.2 Å². The van der Waals surface area contributed by atoms with Crippen LogP contribution in [-0.2, 0) is 20.9 Å². The molecule has 2 heterocycles. The molecule has 2 aliphatic heterocycles. The third kappa shape index (κ3) is 5.30. The van der Waals surface area contributed by atoms with Gasteiger partial charge in [0.25, 0.3) is 11.6 Å². The van der Waals surface area contributed by atoms with E-state index >= 15 is 0 Å². The van der Waals surface area contributed by atoms with Gasteiger partial charge >= 0.3 is 5.97 Å². The van der Waals surface area contributed by atoms with E-state index < -0.39 is 22.3 Å². The van der Waals surface area contributed by atoms with E-state index in [-0.39, 0.29) is 23.9 Å². The van der Waals surface area contributed by atoms with Gasteiger partial charge in [0.2, 0.25) is 0 Å². The van der Waals surface area contributed by atoms with Gasteiger partial charge in [0.05, 0.1) is 23.7 Å². The van der Waals surface area contributed by atoms with Gasteiger partial charge in [-0.25, -0.2) is 4.79 Å². The summed E-state index contributed by atoms with van der Waals surface area (Å²) in [5, 5.41) is 19.6. The number of β-lactam (4-membered cyclic amide) rings is 1. The van der Waals surface area contributed by atoms with Crippen LogP contribution in [0.5, 0.6) is 5.75 Å². The normalized spacial score (nSPS) is 18.1. The number of esters is 1. The minimum atomic E-state index is -0.716. The molecule has 200 valence electrons. The number of non-ortho nitro benzene ring substituents is 1. The smallest absolute Gasteiger partial charge is 0.355 e. The van der Waals surface area contributed by atoms with Gasteiger partial charge in [-0.1, -0.05) is 24.3 Å². The minimum absolute atomic E-state index is 0.00848. The lowest BCUT2D eigenvalue weighted by molar-refractivity contribution is -0.384. The highest BCUT2D eigenvalue weighted by atomic mass is 32.2. The number of nitro benzene ring substituents is 1. The van der Waals surface area contributed by atoms with E-state index in [1.807, 2.05) is 0 Å². The van der Waals surface area contributed by atoms with E-state index in [2.05, 4.69) is 11.1 Å². The summed E-state index contributed by atoms with van der Waals surface area (Å²) in [7, 11) is 1.57. The lowest BCUT2D eigenvalue weighted by Crippen LogP contribution is -2.64. The summed E-state index contributed by atoms with van der Waals surface area (Å²) in [6, 6.07) is 21.2. The van der Waals surface area contributed by atoms with E-state index in [0.717, 1.165) is 5.56 Å². The summed E-state index contributed by atoms with van der Waals surface area (Å²) in [5.41, 5.74) is 3.33. The molecule has 40 heavy (non-hydrogen) atoms. The molecule has 3 aromatic rings. The van der Waals surface area contributed by atoms with Crippen LogP contribution in [0.2, 0.25) is 0 Å². The number of benzene rings is 3. The third-order valence-corrected chi connectivity index (χ3v) is 7.78. The highest BCUT2D eigenvalue weighted by Gasteiger charge is 2.54. The van der Waals surface area contributed by atoms with Crippen LogP contribution < -0.4 is 4.74 Å². The Balaban J connectivity index is 1.40. The molecule has 2 aliphatic rings. The molecule has 3 aromatic carbocycles. The number of carbonyl (C=O) groups is 2. The number of fused-ring (bicyclic) bond motifs is 1. The summed E-state index contributed by atoms with van der Waals surface area (Å²) in [5.74, 6) is 0.126. The second-order valence-electron chi connectivity index (χ2n) is 8.92. The van der Waals surface area contributed by atoms with Crippen molar-refractivity contribution in [1.82, 2.24) is 4.90 Å². The fourth-order valence-corrected chi connectivity index (χ4v) is 5.72. The standard InChI is InChI=1S/C29H22N4O6S/c1-38-23-12-6-20(7-13-23)16-39-29(35)26-24(21-8-2-18(14-30)3-9-21)17-40-28-25(27(34)32(26)28)31-15-19-4-10-22(11-5-19)33(36)37/h2-13,15,25,28H,16-17H2,1H3/t25-,28-/m0/s1. The van der Waals surface area contributed by atoms with Crippen LogP contribution in [0.1, 0.15) is 22.3 Å². The summed E-state index contributed by atoms with van der Waals surface area (Å²) in [6.07, 6.45) is 1.51. The van der Waals surface area contributed by atoms with Crippen molar-refractivity contribution >= 4 is 41.1 Å². The number of thioether (sulfide) groups is 1. The molecule has 10 nitrogen and oxygen atoms in total. The SMILES string of the molecule is COc1ccc(COC(=O)C2=C(c3ccc(C#N)cc3)CS[C@H]3[C@@H](N=Cc4ccc([N+](=O)[O-])cc4)C(=O)N23)cc1. The van der Waals surface area contributed by atoms with Crippen molar-refractivity contribution in [3.63, 3.8) is 0 Å². The lowest BCUT2D eigenvalue weighted by atomic mass is 9.98. The molecule has 1 saturated heterocycles. The first-order valence-electron chi connectivity index (χ1n) is 12.2. The summed E-state index contributed by atoms with van der Waals surface area (Å²) < 4.78 is 10.8. The zero-order chi connectivity index (χ0) is 28.2. The highest BCUT2D eigenvalue weighted by Crippen LogP contribution is 2.44. The number of amides is 1. The van der Waals surface area contributed by atoms with E-state index in [4.69, 9.17) is 14.7 Å². The van der Waals surface area contributed by atoms with Crippen molar-refractivity contribution in [3.05, 3.63) is 111 Å². The number of nitro groups is 1. The molecule has 2 atom stereocenters. The number of rotatable bonds is 8. The third-order valence-electron chi connectivity index (χ3n) is 6.51. The monoisotopic (exact) mass is 554 g/mol. The summed E-state index contributed by atoms with van der Waals surface area (Å²) in [4.78, 5) is 43.0. The van der Waals surface area contributed by atoms with Gasteiger partial charge in [0, 0.05) is 29.7 Å². The predicted octanol–water partition coefficient (Wildman–Crippen LogP) is 4.33. The van der Waals surface area contributed by atoms with Gasteiger partial charge in [-0.15, -0.1) is 11.8 Å². The molecule has 0 aliphatic carbocycles. The number of methoxy groups -OCH3 is 1. The summed E-state index contributed by atoms with van der Waals surface area (Å²) >= 11 is 1.48. The van der Waals surface area contributed by atoms with Crippen molar-refractivity contribution in [2.24, 2.45) is 4.99 Å². The Bertz CT molecular complexity index is 1560. The fourth-order valence-electron chi connectivity index (χ4n) is 4.35.